The van der Waals surface area contributed by atoms with Crippen LogP contribution in [0.15, 0.2) is 17.6 Å². The van der Waals surface area contributed by atoms with E-state index in [1.165, 1.54) is 11.8 Å². The summed E-state index contributed by atoms with van der Waals surface area (Å²) in [6, 6.07) is 2.16. The molecule has 0 bridgehead atoms. The van der Waals surface area contributed by atoms with Crippen molar-refractivity contribution in [3.05, 3.63) is 16.5 Å². The molecular formula is C9H10F6N4O4S3. The molecule has 0 aliphatic rings. The Labute approximate surface area is 148 Å². The highest BCUT2D eigenvalue weighted by Gasteiger charge is 2.46. The van der Waals surface area contributed by atoms with Crippen molar-refractivity contribution in [1.82, 2.24) is 4.98 Å². The molecule has 1 unspecified atom stereocenters. The summed E-state index contributed by atoms with van der Waals surface area (Å²) in [6.07, 6.45) is 3.78. The fraction of sp³-hybridized carbons (Fsp3) is 0.556. The molecule has 0 aliphatic carbocycles. The number of sulfonamides is 2. The number of alkyl halides is 6. The van der Waals surface area contributed by atoms with E-state index in [2.05, 4.69) is 11.1 Å². The lowest BCUT2D eigenvalue weighted by Crippen LogP contribution is -2.30. The minimum absolute atomic E-state index is 0.000139. The Balaban J connectivity index is 0.000000502. The van der Waals surface area contributed by atoms with Gasteiger partial charge in [-0.3, -0.25) is 0 Å². The molecule has 150 valence electrons. The van der Waals surface area contributed by atoms with Crippen LogP contribution in [-0.2, 0) is 27.1 Å². The van der Waals surface area contributed by atoms with E-state index in [1.807, 2.05) is 30.9 Å². The van der Waals surface area contributed by atoms with Crippen molar-refractivity contribution in [2.24, 2.45) is 7.05 Å². The number of nitriles is 1. The number of halogens is 6. The number of nitrogens with zero attached hydrogens (tertiary/aromatic N) is 3. The standard InChI is InChI=1S/C7H9N3S.C2F6NO4S2/c1-6(5-8)11-7-9-3-4-10(7)2;3-1(4,5)14(10,11)9-15(12,13)2(6,7)8/h3-4,6H,1-2H3;/q;-1/p+1. The van der Waals surface area contributed by atoms with Gasteiger partial charge in [0.1, 0.15) is 17.6 Å². The number of rotatable bonds is 4. The molecule has 1 aromatic heterocycles. The maximum Gasteiger partial charge on any atom is 0.480 e. The van der Waals surface area contributed by atoms with Gasteiger partial charge in [-0.1, -0.05) is 0 Å². The fourth-order valence-corrected chi connectivity index (χ4v) is 3.37. The Morgan fingerprint density at radius 3 is 1.85 bits per heavy atom. The summed E-state index contributed by atoms with van der Waals surface area (Å²) >= 11 is 1.52. The van der Waals surface area contributed by atoms with Gasteiger partial charge in [-0.2, -0.15) is 31.6 Å². The van der Waals surface area contributed by atoms with Crippen LogP contribution in [0.4, 0.5) is 26.3 Å². The number of aromatic nitrogens is 2. The first-order valence-electron chi connectivity index (χ1n) is 5.90. The van der Waals surface area contributed by atoms with Crippen LogP contribution in [0.25, 0.3) is 4.13 Å². The van der Waals surface area contributed by atoms with Gasteiger partial charge < -0.3 is 4.13 Å². The third kappa shape index (κ3) is 7.01. The number of nitrogens with one attached hydrogen (secondary N) is 1. The minimum Gasteiger partial charge on any atom is -0.421 e. The van der Waals surface area contributed by atoms with Gasteiger partial charge in [0, 0.05) is 0 Å². The highest BCUT2D eigenvalue weighted by atomic mass is 32.3. The van der Waals surface area contributed by atoms with E-state index >= 15 is 0 Å². The highest BCUT2D eigenvalue weighted by molar-refractivity contribution is 8.13. The predicted octanol–water partition coefficient (Wildman–Crippen LogP) is 1.90. The quantitative estimate of drug-likeness (QED) is 0.426. The molecule has 1 rings (SSSR count). The largest absolute Gasteiger partial charge is 0.480 e. The second kappa shape index (κ2) is 8.45. The molecule has 1 heterocycles. The van der Waals surface area contributed by atoms with Crippen LogP contribution < -0.4 is 4.57 Å². The second-order valence-electron chi connectivity index (χ2n) is 4.18. The molecule has 1 atom stereocenters. The third-order valence-corrected chi connectivity index (χ3v) is 5.90. The van der Waals surface area contributed by atoms with Crippen LogP contribution in [0.2, 0.25) is 0 Å². The molecule has 8 nitrogen and oxygen atoms in total. The van der Waals surface area contributed by atoms with Crippen LogP contribution in [0.1, 0.15) is 6.92 Å². The number of aryl methyl sites for hydroxylation is 1. The Kier molecular flexibility index (Phi) is 7.96. The van der Waals surface area contributed by atoms with Crippen molar-refractivity contribution < 1.29 is 47.7 Å². The van der Waals surface area contributed by atoms with Gasteiger partial charge >= 0.3 is 16.2 Å². The number of imidazole rings is 1. The molecule has 0 saturated carbocycles. The van der Waals surface area contributed by atoms with Crippen molar-refractivity contribution in [2.45, 2.75) is 28.3 Å². The molecule has 1 N–H and O–H groups in total. The van der Waals surface area contributed by atoms with E-state index in [1.54, 1.807) is 0 Å². The van der Waals surface area contributed by atoms with E-state index in [9.17, 15) is 43.2 Å². The second-order valence-corrected chi connectivity index (χ2v) is 8.93. The zero-order chi connectivity index (χ0) is 21.0. The first-order chi connectivity index (χ1) is 11.4. The molecule has 0 aliphatic heterocycles. The van der Waals surface area contributed by atoms with Crippen molar-refractivity contribution in [2.75, 3.05) is 0 Å². The number of thioether (sulfide) groups is 1. The lowest BCUT2D eigenvalue weighted by molar-refractivity contribution is -0.708. The van der Waals surface area contributed by atoms with Gasteiger partial charge in [0.15, 0.2) is 20.0 Å². The normalized spacial score (nSPS) is 14.1. The molecular weight excluding hydrogens is 438 g/mol. The molecule has 26 heavy (non-hydrogen) atoms. The summed E-state index contributed by atoms with van der Waals surface area (Å²) in [5, 5.41) is 9.54. The third-order valence-electron chi connectivity index (χ3n) is 2.08. The van der Waals surface area contributed by atoms with Crippen LogP contribution in [0, 0.1) is 11.3 Å². The summed E-state index contributed by atoms with van der Waals surface area (Å²) < 4.78 is 111. The van der Waals surface area contributed by atoms with Gasteiger partial charge in [0.05, 0.1) is 13.1 Å². The molecule has 0 fully saturated rings. The van der Waals surface area contributed by atoms with Crippen LogP contribution in [0.3, 0.4) is 0 Å². The summed E-state index contributed by atoms with van der Waals surface area (Å²) in [5.74, 6) is 0. The average Bonchev–Trinajstić information content (AvgIpc) is 2.81. The maximum atomic E-state index is 11.4. The number of hydrogen-bond donors (Lipinski definition) is 1. The van der Waals surface area contributed by atoms with Crippen molar-refractivity contribution >= 4 is 31.8 Å². The van der Waals surface area contributed by atoms with Gasteiger partial charge in [-0.25, -0.2) is 26.4 Å². The van der Waals surface area contributed by atoms with Crippen LogP contribution >= 0.6 is 11.8 Å². The summed E-state index contributed by atoms with van der Waals surface area (Å²) in [4.78, 5) is 3.05. The Bertz CT molecular complexity index is 811. The Hall–Kier alpha value is -1.51. The molecule has 0 saturated heterocycles. The SMILES string of the molecule is CC(C#N)Sc1[nH]cc[n+]1C.O=S(=O)([N-]S(=O)(=O)C(F)(F)F)C(F)(F)F. The molecule has 1 aromatic rings. The lowest BCUT2D eigenvalue weighted by Gasteiger charge is -2.22. The van der Waals surface area contributed by atoms with Gasteiger partial charge in [-0.15, -0.1) is 0 Å². The van der Waals surface area contributed by atoms with E-state index < -0.39 is 31.1 Å². The summed E-state index contributed by atoms with van der Waals surface area (Å²) in [5.41, 5.74) is -12.4. The van der Waals surface area contributed by atoms with Crippen molar-refractivity contribution in [3.63, 3.8) is 0 Å². The number of hydrogen-bond acceptors (Lipinski definition) is 6. The van der Waals surface area contributed by atoms with E-state index in [-0.39, 0.29) is 5.25 Å². The first kappa shape index (κ1) is 24.5. The van der Waals surface area contributed by atoms with Crippen LogP contribution in [-0.4, -0.2) is 38.1 Å². The number of aromatic amines is 1. The van der Waals surface area contributed by atoms with Crippen LogP contribution in [0.5, 0.6) is 0 Å². The van der Waals surface area contributed by atoms with E-state index in [4.69, 9.17) is 5.26 Å². The lowest BCUT2D eigenvalue weighted by atomic mass is 10.5. The zero-order valence-corrected chi connectivity index (χ0v) is 15.1. The molecule has 17 heteroatoms. The topological polar surface area (TPSA) is 126 Å². The zero-order valence-electron chi connectivity index (χ0n) is 12.7. The Morgan fingerprint density at radius 2 is 1.58 bits per heavy atom. The average molecular weight is 448 g/mol. The van der Waals surface area contributed by atoms with Crippen molar-refractivity contribution in [1.29, 1.82) is 5.26 Å². The van der Waals surface area contributed by atoms with Gasteiger partial charge in [-0.05, 0) is 18.7 Å². The summed E-state index contributed by atoms with van der Waals surface area (Å²) in [7, 11) is -11.5. The molecule has 0 spiro atoms. The van der Waals surface area contributed by atoms with Crippen molar-refractivity contribution in [3.8, 4) is 6.07 Å². The van der Waals surface area contributed by atoms with E-state index in [0.29, 0.717) is 0 Å². The van der Waals surface area contributed by atoms with E-state index in [0.717, 1.165) is 9.28 Å². The first-order valence-corrected chi connectivity index (χ1v) is 9.66. The maximum absolute atomic E-state index is 11.4. The highest BCUT2D eigenvalue weighted by Crippen LogP contribution is 2.36. The monoisotopic (exact) mass is 448 g/mol. The van der Waals surface area contributed by atoms with Gasteiger partial charge in [0.25, 0.3) is 0 Å². The Morgan fingerprint density at radius 1 is 1.15 bits per heavy atom. The van der Waals surface area contributed by atoms with Gasteiger partial charge in [0.2, 0.25) is 0 Å². The molecule has 0 aromatic carbocycles. The smallest absolute Gasteiger partial charge is 0.421 e. The molecule has 0 radical (unpaired) electrons. The predicted molar refractivity (Wildman–Crippen MR) is 76.2 cm³/mol. The fourth-order valence-electron chi connectivity index (χ4n) is 0.915. The number of H-pyrrole nitrogens is 1. The summed E-state index contributed by atoms with van der Waals surface area (Å²) in [6.45, 7) is 1.88. The minimum atomic E-state index is -6.72. The molecule has 0 amide bonds.